The van der Waals surface area contributed by atoms with Gasteiger partial charge in [0.2, 0.25) is 0 Å². The maximum atomic E-state index is 11.4. The highest BCUT2D eigenvalue weighted by Gasteiger charge is 2.25. The fourth-order valence-electron chi connectivity index (χ4n) is 2.04. The van der Waals surface area contributed by atoms with E-state index in [-0.39, 0.29) is 24.4 Å². The zero-order chi connectivity index (χ0) is 11.3. The van der Waals surface area contributed by atoms with Crippen LogP contribution in [0.15, 0.2) is 0 Å². The molecule has 0 saturated carbocycles. The Morgan fingerprint density at radius 1 is 1.53 bits per heavy atom. The van der Waals surface area contributed by atoms with Crippen LogP contribution in [0.25, 0.3) is 0 Å². The largest absolute Gasteiger partial charge is 0.396 e. The molecule has 0 bridgehead atoms. The van der Waals surface area contributed by atoms with Gasteiger partial charge in [0.1, 0.15) is 0 Å². The molecule has 0 spiro atoms. The summed E-state index contributed by atoms with van der Waals surface area (Å²) < 4.78 is 22.8. The van der Waals surface area contributed by atoms with Gasteiger partial charge in [0, 0.05) is 18.7 Å². The van der Waals surface area contributed by atoms with Gasteiger partial charge in [-0.25, -0.2) is 8.42 Å². The molecule has 2 N–H and O–H groups in total. The molecule has 0 aromatic heterocycles. The van der Waals surface area contributed by atoms with E-state index in [1.165, 1.54) is 0 Å². The Morgan fingerprint density at radius 3 is 2.87 bits per heavy atom. The highest BCUT2D eigenvalue weighted by molar-refractivity contribution is 7.91. The molecular weight excluding hydrogens is 214 g/mol. The number of aliphatic hydroxyl groups is 1. The lowest BCUT2D eigenvalue weighted by atomic mass is 10.1. The van der Waals surface area contributed by atoms with E-state index in [0.29, 0.717) is 5.75 Å². The summed E-state index contributed by atoms with van der Waals surface area (Å²) in [6.07, 6.45) is 3.39. The number of hydrogen-bond donors (Lipinski definition) is 2. The summed E-state index contributed by atoms with van der Waals surface area (Å²) in [5.41, 5.74) is 0. The van der Waals surface area contributed by atoms with E-state index in [9.17, 15) is 8.42 Å². The number of nitrogens with one attached hydrogen (secondary N) is 1. The fraction of sp³-hybridized carbons (Fsp3) is 1.00. The quantitative estimate of drug-likeness (QED) is 0.720. The van der Waals surface area contributed by atoms with E-state index >= 15 is 0 Å². The van der Waals surface area contributed by atoms with Crippen LogP contribution >= 0.6 is 0 Å². The maximum Gasteiger partial charge on any atom is 0.151 e. The highest BCUT2D eigenvalue weighted by atomic mass is 32.2. The Bertz CT molecular complexity index is 276. The molecule has 90 valence electrons. The van der Waals surface area contributed by atoms with Crippen molar-refractivity contribution in [2.24, 2.45) is 0 Å². The Labute approximate surface area is 92.0 Å². The van der Waals surface area contributed by atoms with Crippen LogP contribution in [0.5, 0.6) is 0 Å². The molecule has 15 heavy (non-hydrogen) atoms. The summed E-state index contributed by atoms with van der Waals surface area (Å²) in [5, 5.41) is 12.0. The van der Waals surface area contributed by atoms with Crippen LogP contribution in [-0.4, -0.2) is 43.7 Å². The third-order valence-corrected chi connectivity index (χ3v) is 4.60. The van der Waals surface area contributed by atoms with Crippen molar-refractivity contribution in [2.75, 3.05) is 18.1 Å². The second-order valence-electron chi connectivity index (χ2n) is 4.39. The molecule has 0 radical (unpaired) electrons. The van der Waals surface area contributed by atoms with Gasteiger partial charge >= 0.3 is 0 Å². The molecule has 0 amide bonds. The lowest BCUT2D eigenvalue weighted by Crippen LogP contribution is -2.44. The van der Waals surface area contributed by atoms with Crippen molar-refractivity contribution < 1.29 is 13.5 Å². The Kier molecular flexibility index (Phi) is 5.02. The standard InChI is InChI=1S/C10H21NO3S/c1-9(4-2-6-12)11-10-5-3-7-15(13,14)8-10/h9-12H,2-8H2,1H3. The van der Waals surface area contributed by atoms with E-state index in [1.54, 1.807) is 0 Å². The van der Waals surface area contributed by atoms with E-state index in [1.807, 2.05) is 6.92 Å². The van der Waals surface area contributed by atoms with Crippen LogP contribution in [0.1, 0.15) is 32.6 Å². The van der Waals surface area contributed by atoms with Crippen molar-refractivity contribution in [3.63, 3.8) is 0 Å². The summed E-state index contributed by atoms with van der Waals surface area (Å²) in [6, 6.07) is 0.396. The second kappa shape index (κ2) is 5.82. The smallest absolute Gasteiger partial charge is 0.151 e. The average molecular weight is 235 g/mol. The third kappa shape index (κ3) is 4.95. The Hall–Kier alpha value is -0.130. The summed E-state index contributed by atoms with van der Waals surface area (Å²) in [4.78, 5) is 0. The molecule has 2 unspecified atom stereocenters. The van der Waals surface area contributed by atoms with Gasteiger partial charge in [-0.3, -0.25) is 0 Å². The summed E-state index contributed by atoms with van der Waals surface area (Å²) >= 11 is 0. The molecule has 1 aliphatic heterocycles. The molecule has 1 saturated heterocycles. The van der Waals surface area contributed by atoms with Crippen LogP contribution in [0.3, 0.4) is 0 Å². The Balaban J connectivity index is 2.31. The van der Waals surface area contributed by atoms with E-state index in [0.717, 1.165) is 25.7 Å². The molecule has 1 rings (SSSR count). The Morgan fingerprint density at radius 2 is 2.27 bits per heavy atom. The van der Waals surface area contributed by atoms with Crippen LogP contribution in [0.2, 0.25) is 0 Å². The molecule has 5 heteroatoms. The topological polar surface area (TPSA) is 66.4 Å². The van der Waals surface area contributed by atoms with E-state index in [4.69, 9.17) is 5.11 Å². The minimum absolute atomic E-state index is 0.109. The van der Waals surface area contributed by atoms with Crippen molar-refractivity contribution in [2.45, 2.75) is 44.7 Å². The van der Waals surface area contributed by atoms with Gasteiger partial charge in [-0.05, 0) is 32.6 Å². The number of hydrogen-bond acceptors (Lipinski definition) is 4. The van der Waals surface area contributed by atoms with Gasteiger partial charge in [0.05, 0.1) is 11.5 Å². The number of rotatable bonds is 5. The first kappa shape index (κ1) is 12.9. The van der Waals surface area contributed by atoms with Gasteiger partial charge in [0.15, 0.2) is 9.84 Å². The first-order chi connectivity index (χ1) is 7.03. The van der Waals surface area contributed by atoms with E-state index in [2.05, 4.69) is 5.32 Å². The van der Waals surface area contributed by atoms with Crippen molar-refractivity contribution in [1.29, 1.82) is 0 Å². The zero-order valence-corrected chi connectivity index (χ0v) is 10.1. The first-order valence-corrected chi connectivity index (χ1v) is 7.43. The van der Waals surface area contributed by atoms with Crippen molar-refractivity contribution in [1.82, 2.24) is 5.32 Å². The van der Waals surface area contributed by atoms with Crippen molar-refractivity contribution in [3.05, 3.63) is 0 Å². The van der Waals surface area contributed by atoms with Crippen LogP contribution in [0.4, 0.5) is 0 Å². The highest BCUT2D eigenvalue weighted by Crippen LogP contribution is 2.13. The first-order valence-electron chi connectivity index (χ1n) is 5.61. The summed E-state index contributed by atoms with van der Waals surface area (Å²) in [5.74, 6) is 0.618. The maximum absolute atomic E-state index is 11.4. The lowest BCUT2D eigenvalue weighted by Gasteiger charge is -2.26. The molecule has 1 heterocycles. The van der Waals surface area contributed by atoms with Crippen molar-refractivity contribution >= 4 is 9.84 Å². The molecule has 0 aromatic rings. The minimum Gasteiger partial charge on any atom is -0.396 e. The van der Waals surface area contributed by atoms with Gasteiger partial charge in [-0.1, -0.05) is 0 Å². The molecule has 0 aliphatic carbocycles. The molecule has 1 aliphatic rings. The third-order valence-electron chi connectivity index (χ3n) is 2.78. The van der Waals surface area contributed by atoms with Gasteiger partial charge in [-0.2, -0.15) is 0 Å². The number of aliphatic hydroxyl groups excluding tert-OH is 1. The molecule has 2 atom stereocenters. The molecular formula is C10H21NO3S. The lowest BCUT2D eigenvalue weighted by molar-refractivity contribution is 0.273. The van der Waals surface area contributed by atoms with Gasteiger partial charge in [0.25, 0.3) is 0 Å². The predicted molar refractivity (Wildman–Crippen MR) is 60.6 cm³/mol. The summed E-state index contributed by atoms with van der Waals surface area (Å²) in [6.45, 7) is 2.24. The number of sulfone groups is 1. The fourth-order valence-corrected chi connectivity index (χ4v) is 3.69. The zero-order valence-electron chi connectivity index (χ0n) is 9.28. The van der Waals surface area contributed by atoms with Crippen LogP contribution in [0, 0.1) is 0 Å². The second-order valence-corrected chi connectivity index (χ2v) is 6.62. The summed E-state index contributed by atoms with van der Waals surface area (Å²) in [7, 11) is -2.81. The van der Waals surface area contributed by atoms with Crippen LogP contribution in [-0.2, 0) is 9.84 Å². The molecule has 1 fully saturated rings. The van der Waals surface area contributed by atoms with E-state index < -0.39 is 9.84 Å². The average Bonchev–Trinajstić information content (AvgIpc) is 2.13. The van der Waals surface area contributed by atoms with Gasteiger partial charge in [-0.15, -0.1) is 0 Å². The SMILES string of the molecule is CC(CCCO)NC1CCCS(=O)(=O)C1. The molecule has 0 aromatic carbocycles. The van der Waals surface area contributed by atoms with Crippen molar-refractivity contribution in [3.8, 4) is 0 Å². The normalized spacial score (nSPS) is 27.5. The van der Waals surface area contributed by atoms with Gasteiger partial charge < -0.3 is 10.4 Å². The predicted octanol–water partition coefficient (Wildman–Crippen LogP) is 0.314. The van der Waals surface area contributed by atoms with Crippen LogP contribution < -0.4 is 5.32 Å². The molecule has 4 nitrogen and oxygen atoms in total. The monoisotopic (exact) mass is 235 g/mol. The minimum atomic E-state index is -2.81.